The third-order valence-electron chi connectivity index (χ3n) is 6.57. The third kappa shape index (κ3) is 2.06. The van der Waals surface area contributed by atoms with Gasteiger partial charge < -0.3 is 4.90 Å². The lowest BCUT2D eigenvalue weighted by molar-refractivity contribution is -0.0954. The van der Waals surface area contributed by atoms with Gasteiger partial charge in [-0.15, -0.1) is 0 Å². The van der Waals surface area contributed by atoms with Gasteiger partial charge in [0.05, 0.1) is 0 Å². The molecule has 0 spiro atoms. The summed E-state index contributed by atoms with van der Waals surface area (Å²) in [5.41, 5.74) is 0.645. The quantitative estimate of drug-likeness (QED) is 0.771. The van der Waals surface area contributed by atoms with Gasteiger partial charge >= 0.3 is 0 Å². The molecule has 19 heavy (non-hydrogen) atoms. The van der Waals surface area contributed by atoms with Crippen LogP contribution in [0.4, 0.5) is 0 Å². The highest BCUT2D eigenvalue weighted by atomic mass is 15.3. The van der Waals surface area contributed by atoms with E-state index in [0.29, 0.717) is 5.54 Å². The molecule has 0 radical (unpaired) electrons. The zero-order valence-electron chi connectivity index (χ0n) is 12.8. The fraction of sp³-hybridized carbons (Fsp3) is 1.00. The molecule has 5 aliphatic rings. The Balaban J connectivity index is 1.57. The van der Waals surface area contributed by atoms with Crippen LogP contribution in [0.1, 0.15) is 51.4 Å². The fourth-order valence-corrected chi connectivity index (χ4v) is 6.49. The number of hydrogen-bond acceptors (Lipinski definition) is 2. The lowest BCUT2D eigenvalue weighted by Gasteiger charge is -2.61. The van der Waals surface area contributed by atoms with E-state index >= 15 is 0 Å². The molecule has 1 heterocycles. The van der Waals surface area contributed by atoms with Gasteiger partial charge in [0.1, 0.15) is 0 Å². The van der Waals surface area contributed by atoms with E-state index in [9.17, 15) is 0 Å². The molecule has 5 rings (SSSR count). The first-order valence-electron chi connectivity index (χ1n) is 8.56. The van der Waals surface area contributed by atoms with E-state index in [1.807, 2.05) is 0 Å². The second kappa shape index (κ2) is 4.46. The summed E-state index contributed by atoms with van der Waals surface area (Å²) in [6.07, 6.45) is 12.2. The summed E-state index contributed by atoms with van der Waals surface area (Å²) in [5.74, 6) is 3.27. The van der Waals surface area contributed by atoms with Crippen LogP contribution in [0, 0.1) is 17.8 Å². The molecule has 2 heteroatoms. The van der Waals surface area contributed by atoms with Crippen molar-refractivity contribution in [2.45, 2.75) is 62.9 Å². The average molecular weight is 262 g/mol. The van der Waals surface area contributed by atoms with Crippen LogP contribution in [0.15, 0.2) is 0 Å². The molecule has 0 N–H and O–H groups in total. The number of nitrogens with zero attached hydrogens (tertiary/aromatic N) is 2. The van der Waals surface area contributed by atoms with Crippen molar-refractivity contribution in [1.29, 1.82) is 0 Å². The lowest BCUT2D eigenvalue weighted by Crippen LogP contribution is -2.62. The Labute approximate surface area is 118 Å². The SMILES string of the molecule is CN(C)C[C@@H]1CCCN1C12CC3CC(CC(C3)C1)C2. The molecular weight excluding hydrogens is 232 g/mol. The molecule has 0 aromatic heterocycles. The van der Waals surface area contributed by atoms with E-state index in [2.05, 4.69) is 23.9 Å². The molecule has 4 saturated carbocycles. The molecule has 5 fully saturated rings. The summed E-state index contributed by atoms with van der Waals surface area (Å²) in [6, 6.07) is 0.853. The van der Waals surface area contributed by atoms with Gasteiger partial charge in [-0.3, -0.25) is 4.90 Å². The van der Waals surface area contributed by atoms with Gasteiger partial charge in [-0.25, -0.2) is 0 Å². The Morgan fingerprint density at radius 3 is 2.11 bits per heavy atom. The second-order valence-electron chi connectivity index (χ2n) is 8.39. The summed E-state index contributed by atoms with van der Waals surface area (Å²) < 4.78 is 0. The monoisotopic (exact) mass is 262 g/mol. The van der Waals surface area contributed by atoms with Gasteiger partial charge in [-0.2, -0.15) is 0 Å². The Morgan fingerprint density at radius 1 is 1.00 bits per heavy atom. The number of likely N-dealkylation sites (N-methyl/N-ethyl adjacent to an activating group) is 1. The molecule has 0 amide bonds. The maximum Gasteiger partial charge on any atom is 0.0228 e. The van der Waals surface area contributed by atoms with Crippen molar-refractivity contribution in [1.82, 2.24) is 9.80 Å². The Morgan fingerprint density at radius 2 is 1.58 bits per heavy atom. The van der Waals surface area contributed by atoms with Crippen LogP contribution in [-0.2, 0) is 0 Å². The zero-order chi connectivity index (χ0) is 13.0. The van der Waals surface area contributed by atoms with Gasteiger partial charge in [0.2, 0.25) is 0 Å². The maximum absolute atomic E-state index is 3.00. The van der Waals surface area contributed by atoms with E-state index in [1.54, 1.807) is 38.5 Å². The molecule has 0 unspecified atom stereocenters. The van der Waals surface area contributed by atoms with E-state index in [0.717, 1.165) is 23.8 Å². The van der Waals surface area contributed by atoms with Crippen molar-refractivity contribution < 1.29 is 0 Å². The first kappa shape index (κ1) is 12.6. The van der Waals surface area contributed by atoms with Crippen LogP contribution >= 0.6 is 0 Å². The van der Waals surface area contributed by atoms with Crippen LogP contribution < -0.4 is 0 Å². The number of rotatable bonds is 3. The van der Waals surface area contributed by atoms with Crippen LogP contribution in [0.5, 0.6) is 0 Å². The molecule has 108 valence electrons. The van der Waals surface area contributed by atoms with Crippen molar-refractivity contribution >= 4 is 0 Å². The third-order valence-corrected chi connectivity index (χ3v) is 6.57. The van der Waals surface area contributed by atoms with Crippen LogP contribution in [0.3, 0.4) is 0 Å². The van der Waals surface area contributed by atoms with Gasteiger partial charge in [-0.05, 0) is 89.8 Å². The summed E-state index contributed by atoms with van der Waals surface area (Å²) >= 11 is 0. The minimum Gasteiger partial charge on any atom is -0.308 e. The predicted molar refractivity (Wildman–Crippen MR) is 79.2 cm³/mol. The first-order valence-corrected chi connectivity index (χ1v) is 8.56. The topological polar surface area (TPSA) is 6.48 Å². The predicted octanol–water partition coefficient (Wildman–Crippen LogP) is 2.98. The highest BCUT2D eigenvalue weighted by molar-refractivity contribution is 5.09. The van der Waals surface area contributed by atoms with Crippen molar-refractivity contribution in [3.05, 3.63) is 0 Å². The standard InChI is InChI=1S/C17H30N2/c1-18(2)12-16-4-3-5-19(16)17-9-13-6-14(10-17)8-15(7-13)11-17/h13-16H,3-12H2,1-2H3/t13?,14?,15?,16-,17?/m0/s1. The molecule has 1 saturated heterocycles. The summed E-state index contributed by atoms with van der Waals surface area (Å²) in [4.78, 5) is 5.40. The summed E-state index contributed by atoms with van der Waals surface area (Å²) in [5, 5.41) is 0. The molecule has 1 aliphatic heterocycles. The lowest BCUT2D eigenvalue weighted by atomic mass is 9.52. The van der Waals surface area contributed by atoms with E-state index in [4.69, 9.17) is 0 Å². The Kier molecular flexibility index (Phi) is 2.97. The minimum atomic E-state index is 0.645. The zero-order valence-corrected chi connectivity index (χ0v) is 12.8. The fourth-order valence-electron chi connectivity index (χ4n) is 6.49. The molecule has 2 nitrogen and oxygen atoms in total. The van der Waals surface area contributed by atoms with Gasteiger partial charge in [0.25, 0.3) is 0 Å². The van der Waals surface area contributed by atoms with Crippen LogP contribution in [-0.4, -0.2) is 48.6 Å². The molecular formula is C17H30N2. The summed E-state index contributed by atoms with van der Waals surface area (Å²) in [6.45, 7) is 2.67. The van der Waals surface area contributed by atoms with Crippen molar-refractivity contribution in [2.24, 2.45) is 17.8 Å². The van der Waals surface area contributed by atoms with Gasteiger partial charge in [0, 0.05) is 18.1 Å². The maximum atomic E-state index is 3.00. The van der Waals surface area contributed by atoms with E-state index < -0.39 is 0 Å². The number of likely N-dealkylation sites (tertiary alicyclic amines) is 1. The first-order chi connectivity index (χ1) is 9.14. The highest BCUT2D eigenvalue weighted by Gasteiger charge is 2.55. The van der Waals surface area contributed by atoms with E-state index in [-0.39, 0.29) is 0 Å². The van der Waals surface area contributed by atoms with Crippen molar-refractivity contribution in [3.63, 3.8) is 0 Å². The van der Waals surface area contributed by atoms with Gasteiger partial charge in [0.15, 0.2) is 0 Å². The molecule has 0 aromatic rings. The molecule has 1 atom stereocenters. The number of hydrogen-bond donors (Lipinski definition) is 0. The normalized spacial score (nSPS) is 49.4. The average Bonchev–Trinajstić information content (AvgIpc) is 2.74. The second-order valence-corrected chi connectivity index (χ2v) is 8.39. The highest BCUT2D eigenvalue weighted by Crippen LogP contribution is 2.58. The Bertz CT molecular complexity index is 314. The Hall–Kier alpha value is -0.0800. The molecule has 0 aromatic carbocycles. The van der Waals surface area contributed by atoms with Crippen molar-refractivity contribution in [2.75, 3.05) is 27.2 Å². The van der Waals surface area contributed by atoms with Crippen LogP contribution in [0.2, 0.25) is 0 Å². The minimum absolute atomic E-state index is 0.645. The molecule has 4 bridgehead atoms. The van der Waals surface area contributed by atoms with Crippen LogP contribution in [0.25, 0.3) is 0 Å². The smallest absolute Gasteiger partial charge is 0.0228 e. The van der Waals surface area contributed by atoms with Gasteiger partial charge in [-0.1, -0.05) is 0 Å². The van der Waals surface area contributed by atoms with Crippen molar-refractivity contribution in [3.8, 4) is 0 Å². The molecule has 4 aliphatic carbocycles. The largest absolute Gasteiger partial charge is 0.308 e. The summed E-state index contributed by atoms with van der Waals surface area (Å²) in [7, 11) is 4.49. The van der Waals surface area contributed by atoms with E-state index in [1.165, 1.54) is 25.9 Å².